The molecule has 0 bridgehead atoms. The van der Waals surface area contributed by atoms with Gasteiger partial charge in [0.15, 0.2) is 0 Å². The summed E-state index contributed by atoms with van der Waals surface area (Å²) in [6.07, 6.45) is 23.2. The SMILES string of the molecule is CCCCCCCCCCCCCCCCCCN(CC)C(C)(C)C. The van der Waals surface area contributed by atoms with E-state index in [2.05, 4.69) is 39.5 Å². The van der Waals surface area contributed by atoms with Crippen molar-refractivity contribution < 1.29 is 0 Å². The number of hydrogen-bond donors (Lipinski definition) is 0. The van der Waals surface area contributed by atoms with Crippen LogP contribution in [0.2, 0.25) is 0 Å². The van der Waals surface area contributed by atoms with Crippen molar-refractivity contribution in [1.82, 2.24) is 4.90 Å². The van der Waals surface area contributed by atoms with Gasteiger partial charge in [-0.05, 0) is 40.3 Å². The molecule has 1 heteroatoms. The molecule has 25 heavy (non-hydrogen) atoms. The molecule has 0 atom stereocenters. The van der Waals surface area contributed by atoms with Gasteiger partial charge in [-0.25, -0.2) is 0 Å². The Balaban J connectivity index is 3.19. The number of nitrogens with zero attached hydrogens (tertiary/aromatic N) is 1. The molecule has 0 aliphatic rings. The van der Waals surface area contributed by atoms with E-state index >= 15 is 0 Å². The topological polar surface area (TPSA) is 3.24 Å². The highest BCUT2D eigenvalue weighted by Crippen LogP contribution is 2.16. The Kier molecular flexibility index (Phi) is 17.3. The molecular formula is C24H51N. The molecule has 0 N–H and O–H groups in total. The maximum absolute atomic E-state index is 2.61. The second-order valence-electron chi connectivity index (χ2n) is 9.05. The third-order valence-corrected chi connectivity index (χ3v) is 5.61. The standard InChI is InChI=1S/C24H51N/c1-6-8-9-10-11-12-13-14-15-16-17-18-19-20-21-22-23-25(7-2)24(3,4)5/h6-23H2,1-5H3. The summed E-state index contributed by atoms with van der Waals surface area (Å²) in [5, 5.41) is 0. The van der Waals surface area contributed by atoms with Gasteiger partial charge in [0, 0.05) is 5.54 Å². The van der Waals surface area contributed by atoms with E-state index in [0.29, 0.717) is 5.54 Å². The maximum Gasteiger partial charge on any atom is 0.0124 e. The van der Waals surface area contributed by atoms with Crippen molar-refractivity contribution in [2.24, 2.45) is 0 Å². The van der Waals surface area contributed by atoms with Gasteiger partial charge in [-0.15, -0.1) is 0 Å². The van der Waals surface area contributed by atoms with Crippen molar-refractivity contribution >= 4 is 0 Å². The molecule has 0 heterocycles. The summed E-state index contributed by atoms with van der Waals surface area (Å²) in [4.78, 5) is 2.61. The Morgan fingerprint density at radius 2 is 0.800 bits per heavy atom. The van der Waals surface area contributed by atoms with E-state index in [1.165, 1.54) is 116 Å². The molecule has 0 saturated heterocycles. The summed E-state index contributed by atoms with van der Waals surface area (Å²) in [5.41, 5.74) is 0.338. The van der Waals surface area contributed by atoms with Crippen LogP contribution in [0.25, 0.3) is 0 Å². The second kappa shape index (κ2) is 17.4. The zero-order valence-corrected chi connectivity index (χ0v) is 18.7. The van der Waals surface area contributed by atoms with Gasteiger partial charge in [0.2, 0.25) is 0 Å². The molecule has 152 valence electrons. The molecular weight excluding hydrogens is 302 g/mol. The molecule has 0 rings (SSSR count). The summed E-state index contributed by atoms with van der Waals surface area (Å²) in [7, 11) is 0. The Morgan fingerprint density at radius 1 is 0.480 bits per heavy atom. The normalized spacial score (nSPS) is 12.2. The highest BCUT2D eigenvalue weighted by molar-refractivity contribution is 4.74. The summed E-state index contributed by atoms with van der Waals surface area (Å²) in [6.45, 7) is 14.1. The molecule has 0 aromatic heterocycles. The minimum atomic E-state index is 0.338. The lowest BCUT2D eigenvalue weighted by Crippen LogP contribution is -2.41. The smallest absolute Gasteiger partial charge is 0.0124 e. The molecule has 0 aliphatic carbocycles. The molecule has 0 aromatic carbocycles. The van der Waals surface area contributed by atoms with E-state index in [4.69, 9.17) is 0 Å². The zero-order chi connectivity index (χ0) is 18.8. The van der Waals surface area contributed by atoms with Gasteiger partial charge in [-0.2, -0.15) is 0 Å². The highest BCUT2D eigenvalue weighted by Gasteiger charge is 2.18. The quantitative estimate of drug-likeness (QED) is 0.224. The van der Waals surface area contributed by atoms with E-state index in [9.17, 15) is 0 Å². The lowest BCUT2D eigenvalue weighted by atomic mass is 10.0. The molecule has 0 spiro atoms. The average molecular weight is 354 g/mol. The first-order chi connectivity index (χ1) is 12.0. The molecule has 0 aromatic rings. The van der Waals surface area contributed by atoms with Crippen LogP contribution in [0.5, 0.6) is 0 Å². The van der Waals surface area contributed by atoms with E-state index in [-0.39, 0.29) is 0 Å². The van der Waals surface area contributed by atoms with Crippen LogP contribution >= 0.6 is 0 Å². The first-order valence-electron chi connectivity index (χ1n) is 11.8. The molecule has 0 aliphatic heterocycles. The fourth-order valence-corrected chi connectivity index (χ4v) is 3.82. The molecule has 0 amide bonds. The highest BCUT2D eigenvalue weighted by atomic mass is 15.2. The summed E-state index contributed by atoms with van der Waals surface area (Å²) in [6, 6.07) is 0. The van der Waals surface area contributed by atoms with Crippen molar-refractivity contribution in [3.63, 3.8) is 0 Å². The van der Waals surface area contributed by atoms with Gasteiger partial charge in [0.1, 0.15) is 0 Å². The predicted molar refractivity (Wildman–Crippen MR) is 117 cm³/mol. The Bertz CT molecular complexity index is 253. The first-order valence-corrected chi connectivity index (χ1v) is 11.8. The third kappa shape index (κ3) is 17.1. The van der Waals surface area contributed by atoms with E-state index in [1.807, 2.05) is 0 Å². The summed E-state index contributed by atoms with van der Waals surface area (Å²) < 4.78 is 0. The van der Waals surface area contributed by atoms with Gasteiger partial charge < -0.3 is 0 Å². The van der Waals surface area contributed by atoms with Crippen LogP contribution in [-0.4, -0.2) is 23.5 Å². The largest absolute Gasteiger partial charge is 0.299 e. The summed E-state index contributed by atoms with van der Waals surface area (Å²) in [5.74, 6) is 0. The predicted octanol–water partition coefficient (Wildman–Crippen LogP) is 8.37. The number of hydrogen-bond acceptors (Lipinski definition) is 1. The molecule has 0 radical (unpaired) electrons. The Labute approximate surface area is 161 Å². The first kappa shape index (κ1) is 25.0. The fraction of sp³-hybridized carbons (Fsp3) is 1.00. The van der Waals surface area contributed by atoms with Crippen LogP contribution in [0, 0.1) is 0 Å². The molecule has 1 nitrogen and oxygen atoms in total. The van der Waals surface area contributed by atoms with Gasteiger partial charge in [0.25, 0.3) is 0 Å². The maximum atomic E-state index is 2.61. The van der Waals surface area contributed by atoms with E-state index in [1.54, 1.807) is 0 Å². The van der Waals surface area contributed by atoms with Gasteiger partial charge in [-0.3, -0.25) is 4.90 Å². The molecule has 0 fully saturated rings. The van der Waals surface area contributed by atoms with Crippen molar-refractivity contribution in [2.45, 2.75) is 143 Å². The van der Waals surface area contributed by atoms with Crippen molar-refractivity contribution in [3.05, 3.63) is 0 Å². The minimum absolute atomic E-state index is 0.338. The number of rotatable bonds is 18. The van der Waals surface area contributed by atoms with Crippen molar-refractivity contribution in [3.8, 4) is 0 Å². The van der Waals surface area contributed by atoms with Gasteiger partial charge in [-0.1, -0.05) is 110 Å². The van der Waals surface area contributed by atoms with Crippen LogP contribution in [-0.2, 0) is 0 Å². The lowest BCUT2D eigenvalue weighted by molar-refractivity contribution is 0.141. The van der Waals surface area contributed by atoms with Crippen LogP contribution < -0.4 is 0 Å². The Morgan fingerprint density at radius 3 is 1.08 bits per heavy atom. The van der Waals surface area contributed by atoms with E-state index in [0.717, 1.165) is 0 Å². The van der Waals surface area contributed by atoms with Crippen LogP contribution in [0.1, 0.15) is 137 Å². The van der Waals surface area contributed by atoms with Crippen LogP contribution in [0.4, 0.5) is 0 Å². The third-order valence-electron chi connectivity index (χ3n) is 5.61. The Hall–Kier alpha value is -0.0400. The average Bonchev–Trinajstić information content (AvgIpc) is 2.56. The number of unbranched alkanes of at least 4 members (excludes halogenated alkanes) is 15. The van der Waals surface area contributed by atoms with E-state index < -0.39 is 0 Å². The lowest BCUT2D eigenvalue weighted by Gasteiger charge is -2.34. The second-order valence-corrected chi connectivity index (χ2v) is 9.05. The minimum Gasteiger partial charge on any atom is -0.299 e. The fourth-order valence-electron chi connectivity index (χ4n) is 3.82. The van der Waals surface area contributed by atoms with Crippen LogP contribution in [0.3, 0.4) is 0 Å². The zero-order valence-electron chi connectivity index (χ0n) is 18.7. The molecule has 0 unspecified atom stereocenters. The molecule has 0 saturated carbocycles. The van der Waals surface area contributed by atoms with Gasteiger partial charge >= 0.3 is 0 Å². The monoisotopic (exact) mass is 353 g/mol. The van der Waals surface area contributed by atoms with Crippen LogP contribution in [0.15, 0.2) is 0 Å². The van der Waals surface area contributed by atoms with Crippen molar-refractivity contribution in [1.29, 1.82) is 0 Å². The summed E-state index contributed by atoms with van der Waals surface area (Å²) >= 11 is 0. The van der Waals surface area contributed by atoms with Gasteiger partial charge in [0.05, 0.1) is 0 Å². The van der Waals surface area contributed by atoms with Crippen molar-refractivity contribution in [2.75, 3.05) is 13.1 Å².